The number of rotatable bonds is 9. The molecule has 0 unspecified atom stereocenters. The van der Waals surface area contributed by atoms with E-state index >= 15 is 0 Å². The van der Waals surface area contributed by atoms with Crippen molar-refractivity contribution in [1.29, 1.82) is 0 Å². The van der Waals surface area contributed by atoms with Crippen LogP contribution in [0.1, 0.15) is 80.3 Å². The van der Waals surface area contributed by atoms with Gasteiger partial charge in [-0.15, -0.1) is 0 Å². The number of aryl methyl sites for hydroxylation is 1. The Hall–Kier alpha value is -4.19. The Morgan fingerprint density at radius 2 is 1.76 bits per heavy atom. The maximum atomic E-state index is 14.0. The Balaban J connectivity index is 1.50. The van der Waals surface area contributed by atoms with Crippen LogP contribution in [0.25, 0.3) is 11.6 Å². The van der Waals surface area contributed by atoms with Crippen LogP contribution in [0.2, 0.25) is 0 Å². The zero-order valence-electron chi connectivity index (χ0n) is 27.9. The minimum atomic E-state index is -0.730. The van der Waals surface area contributed by atoms with Crippen LogP contribution in [0.4, 0.5) is 19.7 Å². The van der Waals surface area contributed by atoms with Crippen LogP contribution in [-0.4, -0.2) is 95.2 Å². The van der Waals surface area contributed by atoms with Gasteiger partial charge in [0.1, 0.15) is 11.4 Å². The quantitative estimate of drug-likeness (QED) is 0.331. The van der Waals surface area contributed by atoms with E-state index in [0.29, 0.717) is 66.2 Å². The normalized spacial score (nSPS) is 16.1. The van der Waals surface area contributed by atoms with Crippen LogP contribution in [0.15, 0.2) is 18.2 Å². The molecule has 0 spiro atoms. The summed E-state index contributed by atoms with van der Waals surface area (Å²) in [7, 11) is 0. The fourth-order valence-electron chi connectivity index (χ4n) is 5.75. The smallest absolute Gasteiger partial charge is 0.416 e. The van der Waals surface area contributed by atoms with Crippen LogP contribution in [0, 0.1) is 25.6 Å². The number of likely N-dealkylation sites (tertiary alicyclic amines) is 1. The first-order valence-corrected chi connectivity index (χ1v) is 15.9. The van der Waals surface area contributed by atoms with Gasteiger partial charge < -0.3 is 29.6 Å². The summed E-state index contributed by atoms with van der Waals surface area (Å²) in [4.78, 5) is 60.8. The summed E-state index contributed by atoms with van der Waals surface area (Å²) < 4.78 is 25.2. The van der Waals surface area contributed by atoms with Gasteiger partial charge in [0, 0.05) is 48.8 Å². The van der Waals surface area contributed by atoms with Gasteiger partial charge in [0.2, 0.25) is 0 Å². The molecule has 0 aliphatic carbocycles. The van der Waals surface area contributed by atoms with Crippen molar-refractivity contribution in [3.63, 3.8) is 0 Å². The van der Waals surface area contributed by atoms with E-state index in [-0.39, 0.29) is 36.6 Å². The van der Waals surface area contributed by atoms with Crippen molar-refractivity contribution in [1.82, 2.24) is 19.7 Å². The molecule has 46 heavy (non-hydrogen) atoms. The van der Waals surface area contributed by atoms with Crippen LogP contribution in [-0.2, 0) is 14.3 Å². The topological polar surface area (TPSA) is 124 Å². The van der Waals surface area contributed by atoms with E-state index in [0.717, 1.165) is 18.0 Å². The van der Waals surface area contributed by atoms with Gasteiger partial charge in [0.05, 0.1) is 17.7 Å². The number of nitrogens with one attached hydrogen (secondary N) is 2. The Labute approximate surface area is 270 Å². The first-order valence-electron chi connectivity index (χ1n) is 15.9. The zero-order valence-corrected chi connectivity index (χ0v) is 27.9. The van der Waals surface area contributed by atoms with Crippen LogP contribution in [0.3, 0.4) is 0 Å². The number of halogens is 1. The van der Waals surface area contributed by atoms with Crippen molar-refractivity contribution in [2.45, 2.75) is 66.9 Å². The number of carbonyl (C=O) groups excluding carboxylic acids is 4. The van der Waals surface area contributed by atoms with Gasteiger partial charge in [0.15, 0.2) is 0 Å². The minimum absolute atomic E-state index is 0.0431. The van der Waals surface area contributed by atoms with Gasteiger partial charge >= 0.3 is 12.2 Å². The third-order valence-corrected chi connectivity index (χ3v) is 8.45. The molecule has 0 bridgehead atoms. The molecule has 4 amide bonds. The average Bonchev–Trinajstić information content (AvgIpc) is 3.46. The largest absolute Gasteiger partial charge is 0.449 e. The molecule has 2 aliphatic rings. The summed E-state index contributed by atoms with van der Waals surface area (Å²) in [6.45, 7) is 16.2. The van der Waals surface area contributed by atoms with Gasteiger partial charge in [-0.05, 0) is 96.3 Å². The van der Waals surface area contributed by atoms with Gasteiger partial charge in [-0.3, -0.25) is 9.59 Å². The summed E-state index contributed by atoms with van der Waals surface area (Å²) in [6, 6.07) is 4.08. The van der Waals surface area contributed by atoms with E-state index < -0.39 is 23.4 Å². The molecule has 1 saturated heterocycles. The van der Waals surface area contributed by atoms with E-state index in [1.54, 1.807) is 24.8 Å². The molecule has 3 heterocycles. The Morgan fingerprint density at radius 1 is 1.09 bits per heavy atom. The number of hydrogen-bond acceptors (Lipinski definition) is 7. The standard InChI is InChI=1S/C34H46FN5O6/c1-8-38(9-2)16-17-40(33(44)45-20-23-12-14-39(15-13-23)32(43)46-34(5,6)7)31(42)29-21(3)28(36-22(29)4)19-26-25-18-24(35)10-11-27(25)37-30(26)41/h10-11,18-19,23,36H,8-9,12-17,20H2,1-7H3,(H,37,41). The van der Waals surface area contributed by atoms with E-state index in [9.17, 15) is 23.6 Å². The number of nitrogens with zero attached hydrogens (tertiary/aromatic N) is 3. The molecular formula is C34H46FN5O6. The Bertz CT molecular complexity index is 1500. The summed E-state index contributed by atoms with van der Waals surface area (Å²) in [5.74, 6) is -1.30. The highest BCUT2D eigenvalue weighted by molar-refractivity contribution is 6.35. The number of amides is 4. The van der Waals surface area contributed by atoms with Crippen molar-refractivity contribution < 1.29 is 33.0 Å². The lowest BCUT2D eigenvalue weighted by Gasteiger charge is -2.33. The van der Waals surface area contributed by atoms with E-state index in [1.165, 1.54) is 18.2 Å². The summed E-state index contributed by atoms with van der Waals surface area (Å²) >= 11 is 0. The molecule has 1 aromatic heterocycles. The molecule has 11 nitrogen and oxygen atoms in total. The van der Waals surface area contributed by atoms with Crippen molar-refractivity contribution in [2.24, 2.45) is 5.92 Å². The third-order valence-electron chi connectivity index (χ3n) is 8.45. The molecule has 0 atom stereocenters. The number of H-pyrrole nitrogens is 1. The minimum Gasteiger partial charge on any atom is -0.449 e. The predicted octanol–water partition coefficient (Wildman–Crippen LogP) is 5.83. The molecule has 12 heteroatoms. The lowest BCUT2D eigenvalue weighted by atomic mass is 9.98. The average molecular weight is 640 g/mol. The number of ether oxygens (including phenoxy) is 2. The van der Waals surface area contributed by atoms with E-state index in [1.807, 2.05) is 34.6 Å². The summed E-state index contributed by atoms with van der Waals surface area (Å²) in [5.41, 5.74) is 2.55. The maximum Gasteiger partial charge on any atom is 0.416 e. The monoisotopic (exact) mass is 639 g/mol. The van der Waals surface area contributed by atoms with E-state index in [4.69, 9.17) is 9.47 Å². The molecule has 0 saturated carbocycles. The fourth-order valence-corrected chi connectivity index (χ4v) is 5.75. The number of likely N-dealkylation sites (N-methyl/N-ethyl adjacent to an activating group) is 1. The number of piperidine rings is 1. The highest BCUT2D eigenvalue weighted by Gasteiger charge is 2.32. The third kappa shape index (κ3) is 8.14. The van der Waals surface area contributed by atoms with Crippen molar-refractivity contribution in [2.75, 3.05) is 51.2 Å². The van der Waals surface area contributed by atoms with Gasteiger partial charge in [-0.1, -0.05) is 13.8 Å². The number of carbonyl (C=O) groups is 4. The fraction of sp³-hybridized carbons (Fsp3) is 0.529. The zero-order chi connectivity index (χ0) is 33.8. The SMILES string of the molecule is CCN(CC)CCN(C(=O)OCC1CCN(C(=O)OC(C)(C)C)CC1)C(=O)c1c(C)[nH]c(C=C2C(=O)Nc3ccc(F)cc32)c1C. The molecule has 2 aromatic rings. The number of benzene rings is 1. The second-order valence-corrected chi connectivity index (χ2v) is 12.8. The molecule has 2 aliphatic heterocycles. The first kappa shape index (κ1) is 34.7. The van der Waals surface area contributed by atoms with Crippen molar-refractivity contribution in [3.05, 3.63) is 52.1 Å². The van der Waals surface area contributed by atoms with E-state index in [2.05, 4.69) is 15.2 Å². The molecular weight excluding hydrogens is 593 g/mol. The predicted molar refractivity (Wildman–Crippen MR) is 174 cm³/mol. The summed E-state index contributed by atoms with van der Waals surface area (Å²) in [6.07, 6.45) is 1.81. The number of aromatic nitrogens is 1. The molecule has 2 N–H and O–H groups in total. The van der Waals surface area contributed by atoms with Gasteiger partial charge in [0.25, 0.3) is 11.8 Å². The maximum absolute atomic E-state index is 14.0. The lowest BCUT2D eigenvalue weighted by molar-refractivity contribution is -0.110. The second-order valence-electron chi connectivity index (χ2n) is 12.8. The van der Waals surface area contributed by atoms with Gasteiger partial charge in [-0.2, -0.15) is 0 Å². The van der Waals surface area contributed by atoms with Crippen molar-refractivity contribution >= 4 is 41.3 Å². The molecule has 0 radical (unpaired) electrons. The molecule has 250 valence electrons. The first-order chi connectivity index (χ1) is 21.7. The highest BCUT2D eigenvalue weighted by atomic mass is 19.1. The molecule has 1 fully saturated rings. The highest BCUT2D eigenvalue weighted by Crippen LogP contribution is 2.34. The number of fused-ring (bicyclic) bond motifs is 1. The van der Waals surface area contributed by atoms with Crippen LogP contribution < -0.4 is 5.32 Å². The van der Waals surface area contributed by atoms with Crippen LogP contribution in [0.5, 0.6) is 0 Å². The van der Waals surface area contributed by atoms with Crippen LogP contribution >= 0.6 is 0 Å². The number of imide groups is 1. The van der Waals surface area contributed by atoms with Gasteiger partial charge in [-0.25, -0.2) is 18.9 Å². The molecule has 1 aromatic carbocycles. The summed E-state index contributed by atoms with van der Waals surface area (Å²) in [5, 5.41) is 2.73. The number of aromatic amines is 1. The number of anilines is 1. The second kappa shape index (κ2) is 14.5. The number of hydrogen-bond donors (Lipinski definition) is 2. The Kier molecular flexibility index (Phi) is 10.9. The molecule has 4 rings (SSSR count). The lowest BCUT2D eigenvalue weighted by Crippen LogP contribution is -2.44. The Morgan fingerprint density at radius 3 is 2.39 bits per heavy atom. The van der Waals surface area contributed by atoms with Crippen molar-refractivity contribution in [3.8, 4) is 0 Å².